The Morgan fingerprint density at radius 1 is 1.33 bits per heavy atom. The summed E-state index contributed by atoms with van der Waals surface area (Å²) < 4.78 is 0. The van der Waals surface area contributed by atoms with Crippen LogP contribution in [0.5, 0.6) is 0 Å². The molecule has 1 aromatic carbocycles. The van der Waals surface area contributed by atoms with Gasteiger partial charge >= 0.3 is 0 Å². The first-order valence-corrected chi connectivity index (χ1v) is 4.91. The van der Waals surface area contributed by atoms with E-state index in [0.717, 1.165) is 5.92 Å². The third kappa shape index (κ3) is 1.16. The Kier molecular flexibility index (Phi) is 1.92. The van der Waals surface area contributed by atoms with Crippen molar-refractivity contribution < 1.29 is 0 Å². The fraction of sp³-hybridized carbons (Fsp3) is 0.500. The van der Waals surface area contributed by atoms with E-state index in [-0.39, 0.29) is 0 Å². The van der Waals surface area contributed by atoms with E-state index in [0.29, 0.717) is 0 Å². The van der Waals surface area contributed by atoms with Crippen molar-refractivity contribution >= 4 is 0 Å². The smallest absolute Gasteiger partial charge is 0.0244 e. The maximum Gasteiger partial charge on any atom is -0.0244 e. The molecule has 0 aliphatic heterocycles. The molecule has 12 heavy (non-hydrogen) atoms. The number of hydrogen-bond donors (Lipinski definition) is 0. The minimum Gasteiger partial charge on any atom is -0.0619 e. The largest absolute Gasteiger partial charge is 0.0619 e. The van der Waals surface area contributed by atoms with Gasteiger partial charge in [-0.05, 0) is 41.9 Å². The zero-order valence-corrected chi connectivity index (χ0v) is 7.93. The van der Waals surface area contributed by atoms with Crippen LogP contribution in [0.15, 0.2) is 18.2 Å². The van der Waals surface area contributed by atoms with E-state index in [2.05, 4.69) is 32.0 Å². The van der Waals surface area contributed by atoms with E-state index in [9.17, 15) is 0 Å². The van der Waals surface area contributed by atoms with Crippen LogP contribution in [0.2, 0.25) is 0 Å². The molecule has 0 saturated carbocycles. The molecule has 0 bridgehead atoms. The average Bonchev–Trinajstić information content (AvgIpc) is 2.44. The summed E-state index contributed by atoms with van der Waals surface area (Å²) >= 11 is 0. The predicted octanol–water partition coefficient (Wildman–Crippen LogP) is 2.98. The maximum absolute atomic E-state index is 2.35. The molecule has 0 amide bonds. The first kappa shape index (κ1) is 7.85. The van der Waals surface area contributed by atoms with Crippen LogP contribution in [0.4, 0.5) is 0 Å². The lowest BCUT2D eigenvalue weighted by molar-refractivity contribution is 0.626. The molecule has 0 nitrogen and oxygen atoms in total. The van der Waals surface area contributed by atoms with Crippen molar-refractivity contribution in [3.63, 3.8) is 0 Å². The molecule has 0 heteroatoms. The maximum atomic E-state index is 2.35. The fourth-order valence-electron chi connectivity index (χ4n) is 2.27. The molecule has 0 radical (unpaired) electrons. The molecule has 0 fully saturated rings. The van der Waals surface area contributed by atoms with Gasteiger partial charge in [0.15, 0.2) is 0 Å². The van der Waals surface area contributed by atoms with Crippen LogP contribution in [0.1, 0.15) is 30.5 Å². The number of rotatable bonds is 1. The van der Waals surface area contributed by atoms with Crippen molar-refractivity contribution in [1.82, 2.24) is 0 Å². The van der Waals surface area contributed by atoms with Crippen LogP contribution in [0.3, 0.4) is 0 Å². The highest BCUT2D eigenvalue weighted by Crippen LogP contribution is 2.29. The molecule has 1 aliphatic rings. The summed E-state index contributed by atoms with van der Waals surface area (Å²) in [6.07, 6.45) is 3.79. The van der Waals surface area contributed by atoms with Crippen LogP contribution in [-0.2, 0) is 19.3 Å². The highest BCUT2D eigenvalue weighted by molar-refractivity contribution is 5.39. The Morgan fingerprint density at radius 2 is 2.17 bits per heavy atom. The summed E-state index contributed by atoms with van der Waals surface area (Å²) in [6.45, 7) is 4.60. The van der Waals surface area contributed by atoms with Gasteiger partial charge in [0.25, 0.3) is 0 Å². The van der Waals surface area contributed by atoms with Crippen LogP contribution in [0, 0.1) is 5.92 Å². The zero-order chi connectivity index (χ0) is 8.55. The predicted molar refractivity (Wildman–Crippen MR) is 52.4 cm³/mol. The summed E-state index contributed by atoms with van der Waals surface area (Å²) in [7, 11) is 0. The molecule has 0 N–H and O–H groups in total. The van der Waals surface area contributed by atoms with Gasteiger partial charge < -0.3 is 0 Å². The van der Waals surface area contributed by atoms with Gasteiger partial charge in [-0.3, -0.25) is 0 Å². The lowest BCUT2D eigenvalue weighted by Crippen LogP contribution is -1.92. The van der Waals surface area contributed by atoms with E-state index in [1.807, 2.05) is 0 Å². The van der Waals surface area contributed by atoms with Crippen LogP contribution in [0.25, 0.3) is 0 Å². The number of hydrogen-bond acceptors (Lipinski definition) is 0. The molecule has 0 saturated heterocycles. The number of benzene rings is 1. The van der Waals surface area contributed by atoms with Crippen molar-refractivity contribution in [3.05, 3.63) is 34.9 Å². The molecule has 1 atom stereocenters. The van der Waals surface area contributed by atoms with Crippen LogP contribution < -0.4 is 0 Å². The summed E-state index contributed by atoms with van der Waals surface area (Å²) in [6, 6.07) is 6.77. The molecule has 0 aromatic heterocycles. The lowest BCUT2D eigenvalue weighted by atomic mass is 10.0. The van der Waals surface area contributed by atoms with Gasteiger partial charge in [0.05, 0.1) is 0 Å². The van der Waals surface area contributed by atoms with Gasteiger partial charge in [0, 0.05) is 0 Å². The molecule has 2 rings (SSSR count). The lowest BCUT2D eigenvalue weighted by Gasteiger charge is -2.04. The summed E-state index contributed by atoms with van der Waals surface area (Å²) in [5.41, 5.74) is 4.81. The van der Waals surface area contributed by atoms with Gasteiger partial charge in [0.2, 0.25) is 0 Å². The van der Waals surface area contributed by atoms with Crippen LogP contribution in [-0.4, -0.2) is 0 Å². The van der Waals surface area contributed by atoms with Gasteiger partial charge in [-0.25, -0.2) is 0 Å². The first-order chi connectivity index (χ1) is 5.81. The van der Waals surface area contributed by atoms with Gasteiger partial charge in [-0.2, -0.15) is 0 Å². The average molecular weight is 160 g/mol. The van der Waals surface area contributed by atoms with E-state index in [4.69, 9.17) is 0 Å². The Morgan fingerprint density at radius 3 is 2.92 bits per heavy atom. The van der Waals surface area contributed by atoms with Crippen molar-refractivity contribution in [1.29, 1.82) is 0 Å². The van der Waals surface area contributed by atoms with Gasteiger partial charge in [-0.1, -0.05) is 32.0 Å². The SMILES string of the molecule is CCc1cccc2c1CC(C)C2. The number of aryl methyl sites for hydroxylation is 1. The fourth-order valence-corrected chi connectivity index (χ4v) is 2.27. The van der Waals surface area contributed by atoms with E-state index < -0.39 is 0 Å². The van der Waals surface area contributed by atoms with Crippen molar-refractivity contribution in [2.24, 2.45) is 5.92 Å². The third-order valence-electron chi connectivity index (χ3n) is 2.87. The Labute approximate surface area is 74.6 Å². The molecule has 64 valence electrons. The van der Waals surface area contributed by atoms with Crippen molar-refractivity contribution in [3.8, 4) is 0 Å². The number of fused-ring (bicyclic) bond motifs is 1. The molecular weight excluding hydrogens is 144 g/mol. The van der Waals surface area contributed by atoms with E-state index in [1.54, 1.807) is 16.7 Å². The quantitative estimate of drug-likeness (QED) is 0.592. The topological polar surface area (TPSA) is 0 Å². The van der Waals surface area contributed by atoms with Crippen molar-refractivity contribution in [2.75, 3.05) is 0 Å². The second kappa shape index (κ2) is 2.93. The second-order valence-corrected chi connectivity index (χ2v) is 3.92. The normalized spacial score (nSPS) is 21.0. The molecule has 1 aromatic rings. The second-order valence-electron chi connectivity index (χ2n) is 3.92. The van der Waals surface area contributed by atoms with Gasteiger partial charge in [0.1, 0.15) is 0 Å². The van der Waals surface area contributed by atoms with Crippen molar-refractivity contribution in [2.45, 2.75) is 33.1 Å². The van der Waals surface area contributed by atoms with E-state index in [1.165, 1.54) is 19.3 Å². The summed E-state index contributed by atoms with van der Waals surface area (Å²) in [4.78, 5) is 0. The Hall–Kier alpha value is -0.780. The standard InChI is InChI=1S/C12H16/c1-3-10-5-4-6-11-7-9(2)8-12(10)11/h4-6,9H,3,7-8H2,1-2H3. The monoisotopic (exact) mass is 160 g/mol. The summed E-state index contributed by atoms with van der Waals surface area (Å²) in [5.74, 6) is 0.868. The molecule has 1 unspecified atom stereocenters. The summed E-state index contributed by atoms with van der Waals surface area (Å²) in [5, 5.41) is 0. The highest BCUT2D eigenvalue weighted by atomic mass is 14.2. The highest BCUT2D eigenvalue weighted by Gasteiger charge is 2.18. The Balaban J connectivity index is 2.44. The molecule has 0 spiro atoms. The van der Waals surface area contributed by atoms with Gasteiger partial charge in [-0.15, -0.1) is 0 Å². The molecular formula is C12H16. The molecule has 1 aliphatic carbocycles. The Bertz CT molecular complexity index is 286. The minimum atomic E-state index is 0.868. The zero-order valence-electron chi connectivity index (χ0n) is 7.93. The van der Waals surface area contributed by atoms with Crippen LogP contribution >= 0.6 is 0 Å². The molecule has 0 heterocycles. The van der Waals surface area contributed by atoms with E-state index >= 15 is 0 Å². The third-order valence-corrected chi connectivity index (χ3v) is 2.87. The minimum absolute atomic E-state index is 0.868. The first-order valence-electron chi connectivity index (χ1n) is 4.91.